The van der Waals surface area contributed by atoms with E-state index in [1.54, 1.807) is 0 Å². The molecule has 1 heterocycles. The molecule has 1 aromatic carbocycles. The number of phenolic OH excluding ortho intramolecular Hbond substituents is 1. The number of carbonyl (C=O) groups excluding carboxylic acids is 1. The first-order chi connectivity index (χ1) is 11.0. The first-order valence-electron chi connectivity index (χ1n) is 7.38. The van der Waals surface area contributed by atoms with Gasteiger partial charge in [-0.1, -0.05) is 27.7 Å². The van der Waals surface area contributed by atoms with Gasteiger partial charge in [0.1, 0.15) is 10.6 Å². The van der Waals surface area contributed by atoms with E-state index in [9.17, 15) is 18.3 Å². The summed E-state index contributed by atoms with van der Waals surface area (Å²) in [5, 5.41) is 13.2. The number of hydrogen-bond donors (Lipinski definition) is 2. The molecule has 24 heavy (non-hydrogen) atoms. The lowest BCUT2D eigenvalue weighted by molar-refractivity contribution is 0.103. The van der Waals surface area contributed by atoms with Crippen LogP contribution in [0.3, 0.4) is 0 Å². The van der Waals surface area contributed by atoms with E-state index >= 15 is 0 Å². The van der Waals surface area contributed by atoms with Crippen molar-refractivity contribution in [3.05, 3.63) is 34.3 Å². The molecular weight excluding hydrogens is 348 g/mol. The Morgan fingerprint density at radius 1 is 1.33 bits per heavy atom. The van der Waals surface area contributed by atoms with Gasteiger partial charge in [-0.15, -0.1) is 11.3 Å². The van der Waals surface area contributed by atoms with Crippen molar-refractivity contribution < 1.29 is 18.3 Å². The summed E-state index contributed by atoms with van der Waals surface area (Å²) >= 11 is 1.26. The fourth-order valence-electron chi connectivity index (χ4n) is 1.89. The number of thiazole rings is 1. The van der Waals surface area contributed by atoms with Gasteiger partial charge >= 0.3 is 0 Å². The van der Waals surface area contributed by atoms with E-state index < -0.39 is 15.7 Å². The molecule has 0 aliphatic rings. The molecule has 0 spiro atoms. The molecule has 2 rings (SSSR count). The fraction of sp³-hybridized carbons (Fsp3) is 0.375. The number of phenols is 1. The van der Waals surface area contributed by atoms with Gasteiger partial charge in [0.25, 0.3) is 5.91 Å². The zero-order valence-corrected chi connectivity index (χ0v) is 15.6. The SMILES string of the molecule is CCS(=O)(=O)c1ccc(O)c(NC(=O)c2cnc(C(C)(C)C)s2)c1. The standard InChI is InChI=1S/C16H20N2O4S2/c1-5-24(21,22)10-6-7-12(19)11(8-10)18-14(20)13-9-17-15(23-13)16(2,3)4/h6-9,19H,5H2,1-4H3,(H,18,20). The van der Waals surface area contributed by atoms with Crippen molar-refractivity contribution in [3.8, 4) is 5.75 Å². The van der Waals surface area contributed by atoms with E-state index in [2.05, 4.69) is 10.3 Å². The molecule has 130 valence electrons. The van der Waals surface area contributed by atoms with E-state index in [1.807, 2.05) is 20.8 Å². The Bertz CT molecular complexity index is 864. The van der Waals surface area contributed by atoms with Crippen molar-refractivity contribution in [2.45, 2.75) is 38.0 Å². The van der Waals surface area contributed by atoms with Crippen LogP contribution in [0.1, 0.15) is 42.4 Å². The summed E-state index contributed by atoms with van der Waals surface area (Å²) in [7, 11) is -3.43. The Labute approximate surface area is 145 Å². The lowest BCUT2D eigenvalue weighted by atomic mass is 9.98. The second-order valence-corrected chi connectivity index (χ2v) is 9.63. The van der Waals surface area contributed by atoms with Crippen LogP contribution >= 0.6 is 11.3 Å². The molecule has 0 unspecified atom stereocenters. The smallest absolute Gasteiger partial charge is 0.267 e. The number of carbonyl (C=O) groups is 1. The van der Waals surface area contributed by atoms with Crippen molar-refractivity contribution in [3.63, 3.8) is 0 Å². The normalized spacial score (nSPS) is 12.2. The van der Waals surface area contributed by atoms with Crippen LogP contribution in [0.2, 0.25) is 0 Å². The fourth-order valence-corrected chi connectivity index (χ4v) is 3.66. The van der Waals surface area contributed by atoms with E-state index in [1.165, 1.54) is 42.7 Å². The minimum Gasteiger partial charge on any atom is -0.506 e. The summed E-state index contributed by atoms with van der Waals surface area (Å²) in [6.07, 6.45) is 1.48. The zero-order valence-electron chi connectivity index (χ0n) is 14.0. The van der Waals surface area contributed by atoms with Crippen LogP contribution in [0.15, 0.2) is 29.3 Å². The highest BCUT2D eigenvalue weighted by Crippen LogP contribution is 2.30. The quantitative estimate of drug-likeness (QED) is 0.808. The number of nitrogens with one attached hydrogen (secondary N) is 1. The van der Waals surface area contributed by atoms with Gasteiger partial charge in [-0.05, 0) is 18.2 Å². The first-order valence-corrected chi connectivity index (χ1v) is 9.85. The average Bonchev–Trinajstić information content (AvgIpc) is 2.99. The van der Waals surface area contributed by atoms with E-state index in [0.717, 1.165) is 5.01 Å². The monoisotopic (exact) mass is 368 g/mol. The summed E-state index contributed by atoms with van der Waals surface area (Å²) in [5.74, 6) is -0.696. The Balaban J connectivity index is 2.29. The lowest BCUT2D eigenvalue weighted by Gasteiger charge is -2.13. The topological polar surface area (TPSA) is 96.4 Å². The van der Waals surface area contributed by atoms with Crippen LogP contribution in [0.25, 0.3) is 0 Å². The number of anilines is 1. The second kappa shape index (κ2) is 6.52. The van der Waals surface area contributed by atoms with Crippen LogP contribution < -0.4 is 5.32 Å². The third-order valence-corrected chi connectivity index (χ3v) is 6.48. The number of amides is 1. The van der Waals surface area contributed by atoms with E-state index in [-0.39, 0.29) is 27.5 Å². The van der Waals surface area contributed by atoms with Gasteiger partial charge in [-0.25, -0.2) is 13.4 Å². The lowest BCUT2D eigenvalue weighted by Crippen LogP contribution is -2.12. The number of benzene rings is 1. The predicted molar refractivity (Wildman–Crippen MR) is 94.6 cm³/mol. The highest BCUT2D eigenvalue weighted by molar-refractivity contribution is 7.91. The third-order valence-electron chi connectivity index (χ3n) is 3.33. The van der Waals surface area contributed by atoms with Crippen LogP contribution in [-0.4, -0.2) is 30.2 Å². The molecule has 1 aromatic heterocycles. The highest BCUT2D eigenvalue weighted by atomic mass is 32.2. The number of hydrogen-bond acceptors (Lipinski definition) is 6. The average molecular weight is 368 g/mol. The zero-order chi connectivity index (χ0) is 18.1. The molecular formula is C16H20N2O4S2. The van der Waals surface area contributed by atoms with Gasteiger partial charge in [-0.2, -0.15) is 0 Å². The van der Waals surface area contributed by atoms with E-state index in [4.69, 9.17) is 0 Å². The minimum atomic E-state index is -3.43. The molecule has 0 bridgehead atoms. The summed E-state index contributed by atoms with van der Waals surface area (Å²) in [6.45, 7) is 7.53. The minimum absolute atomic E-state index is 0.0535. The van der Waals surface area contributed by atoms with Gasteiger partial charge < -0.3 is 10.4 Å². The van der Waals surface area contributed by atoms with Gasteiger partial charge in [0, 0.05) is 5.41 Å². The molecule has 8 heteroatoms. The molecule has 0 aliphatic heterocycles. The summed E-state index contributed by atoms with van der Waals surface area (Å²) < 4.78 is 23.9. The number of aromatic hydroxyl groups is 1. The van der Waals surface area contributed by atoms with Crippen LogP contribution in [-0.2, 0) is 15.3 Å². The Morgan fingerprint density at radius 3 is 2.54 bits per heavy atom. The van der Waals surface area contributed by atoms with Crippen molar-refractivity contribution in [1.82, 2.24) is 4.98 Å². The molecule has 0 radical (unpaired) electrons. The molecule has 0 fully saturated rings. The molecule has 2 N–H and O–H groups in total. The van der Waals surface area contributed by atoms with Crippen molar-refractivity contribution in [1.29, 1.82) is 0 Å². The molecule has 0 atom stereocenters. The van der Waals surface area contributed by atoms with Gasteiger partial charge in [0.05, 0.1) is 27.5 Å². The number of aromatic nitrogens is 1. The van der Waals surface area contributed by atoms with Crippen LogP contribution in [0.4, 0.5) is 5.69 Å². The molecule has 2 aromatic rings. The highest BCUT2D eigenvalue weighted by Gasteiger charge is 2.21. The Morgan fingerprint density at radius 2 is 2.00 bits per heavy atom. The second-order valence-electron chi connectivity index (χ2n) is 6.32. The van der Waals surface area contributed by atoms with Crippen LogP contribution in [0.5, 0.6) is 5.75 Å². The molecule has 0 saturated carbocycles. The van der Waals surface area contributed by atoms with Crippen molar-refractivity contribution >= 4 is 32.8 Å². The number of sulfone groups is 1. The molecule has 0 saturated heterocycles. The maximum absolute atomic E-state index is 12.3. The summed E-state index contributed by atoms with van der Waals surface area (Å²) in [6, 6.07) is 3.83. The maximum Gasteiger partial charge on any atom is 0.267 e. The molecule has 6 nitrogen and oxygen atoms in total. The Kier molecular flexibility index (Phi) is 5.00. The number of rotatable bonds is 4. The number of nitrogens with zero attached hydrogens (tertiary/aromatic N) is 1. The van der Waals surface area contributed by atoms with E-state index in [0.29, 0.717) is 4.88 Å². The summed E-state index contributed by atoms with van der Waals surface area (Å²) in [5.41, 5.74) is -0.110. The van der Waals surface area contributed by atoms with Crippen LogP contribution in [0, 0.1) is 0 Å². The molecule has 0 aliphatic carbocycles. The molecule has 1 amide bonds. The predicted octanol–water partition coefficient (Wildman–Crippen LogP) is 3.19. The van der Waals surface area contributed by atoms with Crippen molar-refractivity contribution in [2.75, 3.05) is 11.1 Å². The first kappa shape index (κ1) is 18.4. The summed E-state index contributed by atoms with van der Waals surface area (Å²) in [4.78, 5) is 17.0. The van der Waals surface area contributed by atoms with Gasteiger partial charge in [-0.3, -0.25) is 4.79 Å². The largest absolute Gasteiger partial charge is 0.506 e. The van der Waals surface area contributed by atoms with Gasteiger partial charge in [0.2, 0.25) is 0 Å². The van der Waals surface area contributed by atoms with Crippen molar-refractivity contribution in [2.24, 2.45) is 0 Å². The maximum atomic E-state index is 12.3. The Hall–Kier alpha value is -1.93. The third kappa shape index (κ3) is 3.93. The van der Waals surface area contributed by atoms with Gasteiger partial charge in [0.15, 0.2) is 9.84 Å².